The molecule has 2 rings (SSSR count). The average molecular weight is 292 g/mol. The molecular weight excluding hydrogens is 272 g/mol. The molecule has 0 spiro atoms. The van der Waals surface area contributed by atoms with Gasteiger partial charge in [-0.05, 0) is 37.5 Å². The molecule has 6 heteroatoms. The molecule has 0 aromatic heterocycles. The highest BCUT2D eigenvalue weighted by Gasteiger charge is 2.40. The maximum Gasteiger partial charge on any atom is 0.337 e. The number of ether oxygens (including phenoxy) is 1. The lowest BCUT2D eigenvalue weighted by Gasteiger charge is -2.40. The molecule has 0 atom stereocenters. The SMILES string of the molecule is COC1(CC(=O)N(C)c2ccc(N)cc2C(=O)O)CCC1. The lowest BCUT2D eigenvalue weighted by atomic mass is 9.77. The molecule has 0 radical (unpaired) electrons. The Labute approximate surface area is 123 Å². The van der Waals surface area contributed by atoms with Crippen LogP contribution in [0, 0.1) is 0 Å². The van der Waals surface area contributed by atoms with Crippen LogP contribution < -0.4 is 10.6 Å². The van der Waals surface area contributed by atoms with Crippen LogP contribution in [0.2, 0.25) is 0 Å². The number of carboxylic acid groups (broad SMARTS) is 1. The Morgan fingerprint density at radius 2 is 2.10 bits per heavy atom. The average Bonchev–Trinajstić information content (AvgIpc) is 2.41. The van der Waals surface area contributed by atoms with E-state index < -0.39 is 5.97 Å². The van der Waals surface area contributed by atoms with E-state index in [9.17, 15) is 14.7 Å². The molecule has 3 N–H and O–H groups in total. The number of anilines is 2. The number of rotatable bonds is 5. The zero-order valence-electron chi connectivity index (χ0n) is 12.3. The Morgan fingerprint density at radius 1 is 1.43 bits per heavy atom. The van der Waals surface area contributed by atoms with Crippen molar-refractivity contribution < 1.29 is 19.4 Å². The second-order valence-electron chi connectivity index (χ2n) is 5.45. The number of amides is 1. The van der Waals surface area contributed by atoms with E-state index in [1.807, 2.05) is 0 Å². The Bertz CT molecular complexity index is 561. The van der Waals surface area contributed by atoms with Gasteiger partial charge in [-0.25, -0.2) is 4.79 Å². The van der Waals surface area contributed by atoms with Crippen LogP contribution in [-0.2, 0) is 9.53 Å². The van der Waals surface area contributed by atoms with Gasteiger partial charge in [0.15, 0.2) is 0 Å². The summed E-state index contributed by atoms with van der Waals surface area (Å²) >= 11 is 0. The minimum atomic E-state index is -1.11. The predicted octanol–water partition coefficient (Wildman–Crippen LogP) is 1.89. The minimum Gasteiger partial charge on any atom is -0.478 e. The second-order valence-corrected chi connectivity index (χ2v) is 5.45. The van der Waals surface area contributed by atoms with Crippen LogP contribution >= 0.6 is 0 Å². The Morgan fingerprint density at radius 3 is 2.57 bits per heavy atom. The van der Waals surface area contributed by atoms with E-state index >= 15 is 0 Å². The van der Waals surface area contributed by atoms with Crippen LogP contribution in [0.5, 0.6) is 0 Å². The summed E-state index contributed by atoms with van der Waals surface area (Å²) in [6.07, 6.45) is 3.02. The van der Waals surface area contributed by atoms with Crippen molar-refractivity contribution in [2.45, 2.75) is 31.3 Å². The zero-order chi connectivity index (χ0) is 15.6. The number of carboxylic acids is 1. The van der Waals surface area contributed by atoms with Crippen LogP contribution in [0.25, 0.3) is 0 Å². The van der Waals surface area contributed by atoms with Gasteiger partial charge in [0.25, 0.3) is 0 Å². The molecule has 21 heavy (non-hydrogen) atoms. The van der Waals surface area contributed by atoms with Crippen molar-refractivity contribution in [2.24, 2.45) is 0 Å². The number of hydrogen-bond acceptors (Lipinski definition) is 4. The smallest absolute Gasteiger partial charge is 0.337 e. The van der Waals surface area contributed by atoms with Gasteiger partial charge in [-0.15, -0.1) is 0 Å². The van der Waals surface area contributed by atoms with Crippen LogP contribution in [0.3, 0.4) is 0 Å². The topological polar surface area (TPSA) is 92.9 Å². The normalized spacial score (nSPS) is 16.1. The van der Waals surface area contributed by atoms with Crippen molar-refractivity contribution in [1.82, 2.24) is 0 Å². The van der Waals surface area contributed by atoms with Gasteiger partial charge in [0.05, 0.1) is 23.3 Å². The maximum absolute atomic E-state index is 12.4. The van der Waals surface area contributed by atoms with Gasteiger partial charge in [0.2, 0.25) is 5.91 Å². The van der Waals surface area contributed by atoms with Crippen molar-refractivity contribution in [1.29, 1.82) is 0 Å². The van der Waals surface area contributed by atoms with Crippen molar-refractivity contribution >= 4 is 23.3 Å². The highest BCUT2D eigenvalue weighted by molar-refractivity contribution is 6.02. The van der Waals surface area contributed by atoms with Crippen LogP contribution in [0.4, 0.5) is 11.4 Å². The van der Waals surface area contributed by atoms with E-state index in [2.05, 4.69) is 0 Å². The summed E-state index contributed by atoms with van der Waals surface area (Å²) in [5, 5.41) is 9.24. The van der Waals surface area contributed by atoms with E-state index in [0.717, 1.165) is 19.3 Å². The molecule has 6 nitrogen and oxygen atoms in total. The number of benzene rings is 1. The van der Waals surface area contributed by atoms with Gasteiger partial charge >= 0.3 is 5.97 Å². The number of nitrogen functional groups attached to an aromatic ring is 1. The summed E-state index contributed by atoms with van der Waals surface area (Å²) in [6.45, 7) is 0. The zero-order valence-corrected chi connectivity index (χ0v) is 12.3. The summed E-state index contributed by atoms with van der Waals surface area (Å²) in [5.74, 6) is -1.27. The predicted molar refractivity (Wildman–Crippen MR) is 79.4 cm³/mol. The highest BCUT2D eigenvalue weighted by atomic mass is 16.5. The van der Waals surface area contributed by atoms with E-state index in [0.29, 0.717) is 11.4 Å². The van der Waals surface area contributed by atoms with Crippen molar-refractivity contribution in [2.75, 3.05) is 24.8 Å². The van der Waals surface area contributed by atoms with Crippen LogP contribution in [0.15, 0.2) is 18.2 Å². The summed E-state index contributed by atoms with van der Waals surface area (Å²) in [5.41, 5.74) is 5.93. The maximum atomic E-state index is 12.4. The van der Waals surface area contributed by atoms with Gasteiger partial charge in [0, 0.05) is 19.8 Å². The Balaban J connectivity index is 2.21. The third-order valence-corrected chi connectivity index (χ3v) is 4.16. The van der Waals surface area contributed by atoms with Crippen molar-refractivity contribution in [3.8, 4) is 0 Å². The van der Waals surface area contributed by atoms with Crippen LogP contribution in [0.1, 0.15) is 36.0 Å². The first-order chi connectivity index (χ1) is 9.88. The van der Waals surface area contributed by atoms with E-state index in [1.54, 1.807) is 26.3 Å². The molecule has 1 aliphatic carbocycles. The molecular formula is C15H20N2O4. The first-order valence-electron chi connectivity index (χ1n) is 6.83. The van der Waals surface area contributed by atoms with E-state index in [4.69, 9.17) is 10.5 Å². The first kappa shape index (κ1) is 15.3. The largest absolute Gasteiger partial charge is 0.478 e. The molecule has 1 aromatic carbocycles. The number of hydrogen-bond donors (Lipinski definition) is 2. The molecule has 0 aliphatic heterocycles. The van der Waals surface area contributed by atoms with Gasteiger partial charge in [-0.3, -0.25) is 4.79 Å². The van der Waals surface area contributed by atoms with E-state index in [-0.39, 0.29) is 23.5 Å². The molecule has 1 fully saturated rings. The lowest BCUT2D eigenvalue weighted by Crippen LogP contribution is -2.44. The number of methoxy groups -OCH3 is 1. The molecule has 1 aliphatic rings. The van der Waals surface area contributed by atoms with E-state index in [1.165, 1.54) is 11.0 Å². The van der Waals surface area contributed by atoms with Gasteiger partial charge in [0.1, 0.15) is 0 Å². The number of aromatic carboxylic acids is 1. The first-order valence-corrected chi connectivity index (χ1v) is 6.83. The lowest BCUT2D eigenvalue weighted by molar-refractivity contribution is -0.131. The fourth-order valence-corrected chi connectivity index (χ4v) is 2.57. The van der Waals surface area contributed by atoms with Gasteiger partial charge in [-0.2, -0.15) is 0 Å². The fraction of sp³-hybridized carbons (Fsp3) is 0.467. The highest BCUT2D eigenvalue weighted by Crippen LogP contribution is 2.38. The molecule has 1 saturated carbocycles. The summed E-state index contributed by atoms with van der Waals surface area (Å²) in [7, 11) is 3.18. The molecule has 114 valence electrons. The molecule has 0 heterocycles. The summed E-state index contributed by atoms with van der Waals surface area (Å²) in [6, 6.07) is 4.49. The number of carbonyl (C=O) groups excluding carboxylic acids is 1. The quantitative estimate of drug-likeness (QED) is 0.808. The van der Waals surface area contributed by atoms with Crippen molar-refractivity contribution in [3.63, 3.8) is 0 Å². The minimum absolute atomic E-state index is 0.0194. The van der Waals surface area contributed by atoms with Crippen molar-refractivity contribution in [3.05, 3.63) is 23.8 Å². The monoisotopic (exact) mass is 292 g/mol. The number of nitrogens with two attached hydrogens (primary N) is 1. The molecule has 0 unspecified atom stereocenters. The molecule has 0 bridgehead atoms. The standard InChI is InChI=1S/C15H20N2O4/c1-17(13(18)9-15(21-2)6-3-7-15)12-5-4-10(16)8-11(12)14(19)20/h4-5,8H,3,6-7,9,16H2,1-2H3,(H,19,20). The summed E-state index contributed by atoms with van der Waals surface area (Å²) < 4.78 is 5.44. The Kier molecular flexibility index (Phi) is 4.18. The van der Waals surface area contributed by atoms with Crippen LogP contribution in [-0.4, -0.2) is 36.7 Å². The third kappa shape index (κ3) is 3.00. The molecule has 1 aromatic rings. The number of carbonyl (C=O) groups is 2. The summed E-state index contributed by atoms with van der Waals surface area (Å²) in [4.78, 5) is 25.0. The fourth-order valence-electron chi connectivity index (χ4n) is 2.57. The Hall–Kier alpha value is -2.08. The second kappa shape index (κ2) is 5.73. The molecule has 0 saturated heterocycles. The third-order valence-electron chi connectivity index (χ3n) is 4.16. The van der Waals surface area contributed by atoms with Gasteiger partial charge < -0.3 is 20.5 Å². The number of nitrogens with zero attached hydrogens (tertiary/aromatic N) is 1. The molecule has 1 amide bonds. The van der Waals surface area contributed by atoms with Gasteiger partial charge in [-0.1, -0.05) is 0 Å².